The first kappa shape index (κ1) is 17.9. The van der Waals surface area contributed by atoms with E-state index in [1.807, 2.05) is 0 Å². The average molecular weight is 338 g/mol. The van der Waals surface area contributed by atoms with Crippen LogP contribution in [0.15, 0.2) is 23.1 Å². The number of benzene rings is 1. The van der Waals surface area contributed by atoms with Gasteiger partial charge in [0.15, 0.2) is 11.6 Å². The molecule has 0 heterocycles. The Morgan fingerprint density at radius 3 is 2.52 bits per heavy atom. The van der Waals surface area contributed by atoms with Gasteiger partial charge in [-0.2, -0.15) is 4.31 Å². The number of rotatable bonds is 8. The number of thiocarbonyl (C=S) groups is 1. The van der Waals surface area contributed by atoms with E-state index in [-0.39, 0.29) is 36.0 Å². The fourth-order valence-electron chi connectivity index (χ4n) is 1.57. The van der Waals surface area contributed by atoms with Gasteiger partial charge in [0.05, 0.1) is 16.5 Å². The quantitative estimate of drug-likeness (QED) is 0.723. The molecule has 0 saturated carbocycles. The molecule has 1 aromatic rings. The lowest BCUT2D eigenvalue weighted by Crippen LogP contribution is -2.36. The fraction of sp³-hybridized carbons (Fsp3) is 0.417. The largest absolute Gasteiger partial charge is 0.393 e. The molecule has 0 saturated heterocycles. The molecule has 0 unspecified atom stereocenters. The second-order valence-corrected chi connectivity index (χ2v) is 6.65. The van der Waals surface area contributed by atoms with Crippen LogP contribution in [0.25, 0.3) is 0 Å². The third-order valence-electron chi connectivity index (χ3n) is 2.68. The Bertz CT molecular complexity index is 609. The highest BCUT2D eigenvalue weighted by molar-refractivity contribution is 7.89. The predicted octanol–water partition coefficient (Wildman–Crippen LogP) is 1.28. The molecular formula is C12H16F2N2O3S2. The molecule has 0 atom stereocenters. The Balaban J connectivity index is 3.06. The number of sulfonamides is 1. The van der Waals surface area contributed by atoms with Gasteiger partial charge >= 0.3 is 0 Å². The summed E-state index contributed by atoms with van der Waals surface area (Å²) < 4.78 is 56.9. The van der Waals surface area contributed by atoms with Crippen LogP contribution in [-0.4, -0.2) is 44.5 Å². The first-order chi connectivity index (χ1) is 9.78. The second-order valence-electron chi connectivity index (χ2n) is 4.19. The smallest absolute Gasteiger partial charge is 0.243 e. The van der Waals surface area contributed by atoms with Gasteiger partial charge in [0.2, 0.25) is 10.0 Å². The molecule has 0 aliphatic carbocycles. The van der Waals surface area contributed by atoms with Crippen LogP contribution in [0.4, 0.5) is 8.78 Å². The molecule has 0 radical (unpaired) electrons. The molecule has 5 nitrogen and oxygen atoms in total. The van der Waals surface area contributed by atoms with E-state index in [4.69, 9.17) is 22.7 Å². The Morgan fingerprint density at radius 2 is 2.00 bits per heavy atom. The maximum Gasteiger partial charge on any atom is 0.243 e. The summed E-state index contributed by atoms with van der Waals surface area (Å²) in [7, 11) is -2.55. The van der Waals surface area contributed by atoms with Crippen molar-refractivity contribution in [2.75, 3.05) is 26.8 Å². The van der Waals surface area contributed by atoms with Crippen molar-refractivity contribution in [2.45, 2.75) is 11.3 Å². The topological polar surface area (TPSA) is 72.6 Å². The Labute approximate surface area is 127 Å². The molecule has 0 aliphatic rings. The van der Waals surface area contributed by atoms with Crippen molar-refractivity contribution < 1.29 is 21.9 Å². The lowest BCUT2D eigenvalue weighted by Gasteiger charge is -2.21. The minimum Gasteiger partial charge on any atom is -0.393 e. The van der Waals surface area contributed by atoms with Crippen LogP contribution >= 0.6 is 12.2 Å². The molecule has 0 aromatic heterocycles. The number of nitrogens with two attached hydrogens (primary N) is 1. The lowest BCUT2D eigenvalue weighted by molar-refractivity contribution is 0.179. The molecule has 1 aromatic carbocycles. The van der Waals surface area contributed by atoms with Crippen molar-refractivity contribution in [2.24, 2.45) is 5.73 Å². The van der Waals surface area contributed by atoms with Crippen LogP contribution in [-0.2, 0) is 14.8 Å². The molecule has 2 N–H and O–H groups in total. The van der Waals surface area contributed by atoms with E-state index < -0.39 is 21.7 Å². The van der Waals surface area contributed by atoms with E-state index in [0.29, 0.717) is 6.07 Å². The van der Waals surface area contributed by atoms with Gasteiger partial charge < -0.3 is 10.5 Å². The fourth-order valence-corrected chi connectivity index (χ4v) is 3.09. The van der Waals surface area contributed by atoms with E-state index in [9.17, 15) is 17.2 Å². The third kappa shape index (κ3) is 4.95. The molecule has 1 rings (SSSR count). The summed E-state index contributed by atoms with van der Waals surface area (Å²) in [4.78, 5) is -0.168. The summed E-state index contributed by atoms with van der Waals surface area (Å²) in [5, 5.41) is 0. The van der Waals surface area contributed by atoms with Crippen LogP contribution in [0.3, 0.4) is 0 Å². The number of ether oxygens (including phenoxy) is 1. The highest BCUT2D eigenvalue weighted by atomic mass is 32.2. The Kier molecular flexibility index (Phi) is 6.59. The van der Waals surface area contributed by atoms with Crippen molar-refractivity contribution >= 4 is 27.2 Å². The monoisotopic (exact) mass is 338 g/mol. The zero-order valence-electron chi connectivity index (χ0n) is 11.4. The number of methoxy groups -OCH3 is 1. The van der Waals surface area contributed by atoms with Crippen molar-refractivity contribution in [3.8, 4) is 0 Å². The third-order valence-corrected chi connectivity index (χ3v) is 4.78. The van der Waals surface area contributed by atoms with Crippen LogP contribution in [0.5, 0.6) is 0 Å². The maximum atomic E-state index is 13.2. The summed E-state index contributed by atoms with van der Waals surface area (Å²) in [6.45, 7) is 0.251. The van der Waals surface area contributed by atoms with Gasteiger partial charge in [-0.3, -0.25) is 0 Å². The van der Waals surface area contributed by atoms with Gasteiger partial charge in [0.1, 0.15) is 0 Å². The van der Waals surface area contributed by atoms with Gasteiger partial charge in [-0.05, 0) is 18.2 Å². The average Bonchev–Trinajstić information content (AvgIpc) is 2.41. The van der Waals surface area contributed by atoms with Crippen molar-refractivity contribution in [1.82, 2.24) is 4.31 Å². The van der Waals surface area contributed by atoms with Crippen LogP contribution in [0, 0.1) is 11.6 Å². The summed E-state index contributed by atoms with van der Waals surface area (Å²) in [5.41, 5.74) is 5.36. The minimum absolute atomic E-state index is 0.0417. The first-order valence-corrected chi connectivity index (χ1v) is 7.86. The summed E-state index contributed by atoms with van der Waals surface area (Å²) in [6, 6.07) is 2.42. The first-order valence-electron chi connectivity index (χ1n) is 6.01. The zero-order chi connectivity index (χ0) is 16.0. The molecule has 0 bridgehead atoms. The van der Waals surface area contributed by atoms with Gasteiger partial charge in [0, 0.05) is 26.6 Å². The van der Waals surface area contributed by atoms with Gasteiger partial charge in [0.25, 0.3) is 0 Å². The molecule has 0 spiro atoms. The standard InChI is InChI=1S/C12H16F2N2O3S2/c1-19-7-6-16(5-4-12(15)20)21(17,18)9-2-3-10(13)11(14)8-9/h2-3,8H,4-7H2,1H3,(H2,15,20). The van der Waals surface area contributed by atoms with Crippen molar-refractivity contribution in [1.29, 1.82) is 0 Å². The molecule has 0 aliphatic heterocycles. The van der Waals surface area contributed by atoms with Gasteiger partial charge in [-0.1, -0.05) is 12.2 Å². The van der Waals surface area contributed by atoms with Crippen LogP contribution in [0.1, 0.15) is 6.42 Å². The highest BCUT2D eigenvalue weighted by Gasteiger charge is 2.25. The molecule has 9 heteroatoms. The molecule has 0 amide bonds. The highest BCUT2D eigenvalue weighted by Crippen LogP contribution is 2.18. The molecule has 0 fully saturated rings. The second kappa shape index (κ2) is 7.74. The lowest BCUT2D eigenvalue weighted by atomic mass is 10.3. The van der Waals surface area contributed by atoms with Gasteiger partial charge in [-0.15, -0.1) is 0 Å². The number of hydrogen-bond acceptors (Lipinski definition) is 4. The summed E-state index contributed by atoms with van der Waals surface area (Å²) >= 11 is 4.72. The maximum absolute atomic E-state index is 13.2. The Morgan fingerprint density at radius 1 is 1.33 bits per heavy atom. The normalized spacial score (nSPS) is 11.8. The van der Waals surface area contributed by atoms with Gasteiger partial charge in [-0.25, -0.2) is 17.2 Å². The Hall–Kier alpha value is -1.16. The van der Waals surface area contributed by atoms with E-state index in [0.717, 1.165) is 16.4 Å². The number of hydrogen-bond donors (Lipinski definition) is 1. The van der Waals surface area contributed by atoms with E-state index in [1.54, 1.807) is 0 Å². The number of nitrogens with zero attached hydrogens (tertiary/aromatic N) is 1. The minimum atomic E-state index is -3.98. The van der Waals surface area contributed by atoms with Crippen molar-refractivity contribution in [3.63, 3.8) is 0 Å². The van der Waals surface area contributed by atoms with Crippen LogP contribution < -0.4 is 5.73 Å². The van der Waals surface area contributed by atoms with E-state index in [2.05, 4.69) is 0 Å². The van der Waals surface area contributed by atoms with Crippen LogP contribution in [0.2, 0.25) is 0 Å². The predicted molar refractivity (Wildman–Crippen MR) is 78.4 cm³/mol. The number of halogens is 2. The molecule has 21 heavy (non-hydrogen) atoms. The SMILES string of the molecule is COCCN(CCC(N)=S)S(=O)(=O)c1ccc(F)c(F)c1. The van der Waals surface area contributed by atoms with E-state index in [1.165, 1.54) is 7.11 Å². The summed E-state index contributed by atoms with van der Waals surface area (Å²) in [6.07, 6.45) is 0.182. The zero-order valence-corrected chi connectivity index (χ0v) is 13.0. The molecular weight excluding hydrogens is 322 g/mol. The van der Waals surface area contributed by atoms with Crippen molar-refractivity contribution in [3.05, 3.63) is 29.8 Å². The summed E-state index contributed by atoms with van der Waals surface area (Å²) in [5.74, 6) is -2.34. The van der Waals surface area contributed by atoms with E-state index >= 15 is 0 Å². The molecule has 118 valence electrons.